The quantitative estimate of drug-likeness (QED) is 0.690. The van der Waals surface area contributed by atoms with Crippen molar-refractivity contribution in [3.63, 3.8) is 0 Å². The van der Waals surface area contributed by atoms with Gasteiger partial charge in [0.1, 0.15) is 13.0 Å². The zero-order chi connectivity index (χ0) is 12.3. The maximum Gasteiger partial charge on any atom is 0.406 e. The molecule has 0 saturated heterocycles. The van der Waals surface area contributed by atoms with Gasteiger partial charge in [0.15, 0.2) is 0 Å². The van der Waals surface area contributed by atoms with E-state index in [1.165, 1.54) is 6.92 Å². The third-order valence-corrected chi connectivity index (χ3v) is 1.46. The van der Waals surface area contributed by atoms with Crippen molar-refractivity contribution >= 4 is 5.91 Å². The Bertz CT molecular complexity index is 221. The summed E-state index contributed by atoms with van der Waals surface area (Å²) in [6.07, 6.45) is -11.3. The van der Waals surface area contributed by atoms with Gasteiger partial charge in [0, 0.05) is 6.54 Å². The van der Waals surface area contributed by atoms with Crippen LogP contribution >= 0.6 is 0 Å². The molecule has 0 aliphatic rings. The van der Waals surface area contributed by atoms with Crippen molar-refractivity contribution in [3.8, 4) is 0 Å². The molecule has 0 spiro atoms. The molecule has 0 rings (SSSR count). The van der Waals surface area contributed by atoms with Crippen LogP contribution in [0.3, 0.4) is 0 Å². The molecule has 90 valence electrons. The summed E-state index contributed by atoms with van der Waals surface area (Å²) in [5.74, 6) is -1.57. The van der Waals surface area contributed by atoms with E-state index in [1.807, 2.05) is 0 Å². The molecule has 0 fully saturated rings. The average molecular weight is 237 g/mol. The van der Waals surface area contributed by atoms with Crippen LogP contribution in [0.5, 0.6) is 0 Å². The van der Waals surface area contributed by atoms with Gasteiger partial charge in [-0.25, -0.2) is 0 Å². The summed E-state index contributed by atoms with van der Waals surface area (Å²) in [7, 11) is 0. The first-order chi connectivity index (χ1) is 6.55. The van der Waals surface area contributed by atoms with E-state index in [0.717, 1.165) is 0 Å². The van der Waals surface area contributed by atoms with Crippen molar-refractivity contribution in [1.29, 1.82) is 0 Å². The number of carbonyl (C=O) groups is 1. The van der Waals surface area contributed by atoms with Gasteiger partial charge in [0.05, 0.1) is 0 Å². The van der Waals surface area contributed by atoms with Gasteiger partial charge in [-0.15, -0.1) is 0 Å². The van der Waals surface area contributed by atoms with Crippen LogP contribution in [0.1, 0.15) is 13.3 Å². The van der Waals surface area contributed by atoms with E-state index < -0.39 is 37.8 Å². The van der Waals surface area contributed by atoms with Gasteiger partial charge in [0.2, 0.25) is 5.91 Å². The summed E-state index contributed by atoms with van der Waals surface area (Å²) >= 11 is 0. The molecular formula is C7H9F6NO. The van der Waals surface area contributed by atoms with Crippen LogP contribution < -0.4 is 0 Å². The van der Waals surface area contributed by atoms with E-state index in [0.29, 0.717) is 0 Å². The van der Waals surface area contributed by atoms with Crippen LogP contribution in [-0.2, 0) is 4.79 Å². The summed E-state index contributed by atoms with van der Waals surface area (Å²) in [4.78, 5) is 10.9. The normalized spacial score (nSPS) is 12.7. The molecule has 8 heteroatoms. The van der Waals surface area contributed by atoms with Crippen molar-refractivity contribution in [3.05, 3.63) is 0 Å². The van der Waals surface area contributed by atoms with E-state index in [9.17, 15) is 31.1 Å². The molecule has 0 N–H and O–H groups in total. The lowest BCUT2D eigenvalue weighted by Gasteiger charge is -2.22. The van der Waals surface area contributed by atoms with E-state index >= 15 is 0 Å². The third-order valence-electron chi connectivity index (χ3n) is 1.46. The summed E-state index contributed by atoms with van der Waals surface area (Å²) in [5.41, 5.74) is 0. The van der Waals surface area contributed by atoms with Gasteiger partial charge in [-0.3, -0.25) is 4.79 Å². The molecule has 1 amide bonds. The zero-order valence-electron chi connectivity index (χ0n) is 7.74. The molecule has 0 atom stereocenters. The topological polar surface area (TPSA) is 20.3 Å². The fourth-order valence-electron chi connectivity index (χ4n) is 0.876. The highest BCUT2D eigenvalue weighted by Gasteiger charge is 2.37. The minimum absolute atomic E-state index is 0.119. The Balaban J connectivity index is 4.36. The monoisotopic (exact) mass is 237 g/mol. The molecular weight excluding hydrogens is 228 g/mol. The Morgan fingerprint density at radius 3 is 1.80 bits per heavy atom. The Labute approximate surface area is 81.8 Å². The fraction of sp³-hybridized carbons (Fsp3) is 0.857. The third kappa shape index (κ3) is 7.03. The summed E-state index contributed by atoms with van der Waals surface area (Å²) in [6, 6.07) is 0. The van der Waals surface area contributed by atoms with Crippen LogP contribution in [0, 0.1) is 0 Å². The number of hydrogen-bond donors (Lipinski definition) is 0. The lowest BCUT2D eigenvalue weighted by Crippen LogP contribution is -2.40. The van der Waals surface area contributed by atoms with Crippen LogP contribution in [-0.4, -0.2) is 36.2 Å². The second-order valence-corrected chi connectivity index (χ2v) is 2.82. The molecule has 0 heterocycles. The van der Waals surface area contributed by atoms with Gasteiger partial charge in [0.25, 0.3) is 0 Å². The molecule has 2 nitrogen and oxygen atoms in total. The molecule has 0 aromatic rings. The number of rotatable bonds is 3. The highest BCUT2D eigenvalue weighted by molar-refractivity contribution is 5.76. The van der Waals surface area contributed by atoms with Gasteiger partial charge >= 0.3 is 12.4 Å². The maximum atomic E-state index is 11.8. The van der Waals surface area contributed by atoms with E-state index in [-0.39, 0.29) is 4.90 Å². The minimum atomic E-state index is -4.78. The number of hydrogen-bond acceptors (Lipinski definition) is 1. The van der Waals surface area contributed by atoms with Gasteiger partial charge in [-0.1, -0.05) is 0 Å². The Morgan fingerprint density at radius 2 is 1.53 bits per heavy atom. The van der Waals surface area contributed by atoms with Crippen molar-refractivity contribution in [1.82, 2.24) is 4.90 Å². The van der Waals surface area contributed by atoms with Gasteiger partial charge in [-0.05, 0) is 6.92 Å². The van der Waals surface area contributed by atoms with E-state index in [1.54, 1.807) is 0 Å². The van der Waals surface area contributed by atoms with E-state index in [4.69, 9.17) is 0 Å². The molecule has 0 unspecified atom stereocenters. The standard InChI is InChI=1S/C7H9F6NO/c1-2-14(4-7(11,12)13)5(15)3-6(8,9)10/h2-4H2,1H3. The lowest BCUT2D eigenvalue weighted by atomic mass is 10.3. The first kappa shape index (κ1) is 14.1. The highest BCUT2D eigenvalue weighted by Crippen LogP contribution is 2.22. The molecule has 0 aromatic heterocycles. The van der Waals surface area contributed by atoms with Crippen molar-refractivity contribution in [2.75, 3.05) is 13.1 Å². The predicted molar refractivity (Wildman–Crippen MR) is 39.0 cm³/mol. The predicted octanol–water partition coefficient (Wildman–Crippen LogP) is 2.35. The number of carbonyl (C=O) groups excluding carboxylic acids is 1. The molecule has 0 aliphatic heterocycles. The molecule has 0 aliphatic carbocycles. The second-order valence-electron chi connectivity index (χ2n) is 2.82. The first-order valence-corrected chi connectivity index (χ1v) is 3.96. The molecule has 0 radical (unpaired) electrons. The number of nitrogens with zero attached hydrogens (tertiary/aromatic N) is 1. The molecule has 15 heavy (non-hydrogen) atoms. The summed E-state index contributed by atoms with van der Waals surface area (Å²) in [6.45, 7) is -0.882. The Kier molecular flexibility index (Phi) is 4.42. The van der Waals surface area contributed by atoms with Crippen LogP contribution in [0.25, 0.3) is 0 Å². The maximum absolute atomic E-state index is 11.8. The second kappa shape index (κ2) is 4.71. The number of amides is 1. The minimum Gasteiger partial charge on any atom is -0.334 e. The molecule has 0 saturated carbocycles. The van der Waals surface area contributed by atoms with Gasteiger partial charge in [-0.2, -0.15) is 26.3 Å². The SMILES string of the molecule is CCN(CC(F)(F)F)C(=O)CC(F)(F)F. The van der Waals surface area contributed by atoms with Crippen molar-refractivity contribution in [2.24, 2.45) is 0 Å². The summed E-state index contributed by atoms with van der Waals surface area (Å²) in [5, 5.41) is 0. The Morgan fingerprint density at radius 1 is 1.07 bits per heavy atom. The van der Waals surface area contributed by atoms with Crippen molar-refractivity contribution in [2.45, 2.75) is 25.7 Å². The van der Waals surface area contributed by atoms with Gasteiger partial charge < -0.3 is 4.90 Å². The zero-order valence-corrected chi connectivity index (χ0v) is 7.74. The van der Waals surface area contributed by atoms with Crippen molar-refractivity contribution < 1.29 is 31.1 Å². The smallest absolute Gasteiger partial charge is 0.334 e. The fourth-order valence-corrected chi connectivity index (χ4v) is 0.876. The Hall–Kier alpha value is -0.950. The van der Waals surface area contributed by atoms with Crippen LogP contribution in [0.15, 0.2) is 0 Å². The van der Waals surface area contributed by atoms with E-state index in [2.05, 4.69) is 0 Å². The largest absolute Gasteiger partial charge is 0.406 e. The number of halogens is 6. The molecule has 0 bridgehead atoms. The summed E-state index contributed by atoms with van der Waals surface area (Å²) < 4.78 is 70.6. The van der Waals surface area contributed by atoms with Crippen LogP contribution in [0.4, 0.5) is 26.3 Å². The first-order valence-electron chi connectivity index (χ1n) is 3.96. The van der Waals surface area contributed by atoms with Crippen LogP contribution in [0.2, 0.25) is 0 Å². The number of alkyl halides is 6. The molecule has 0 aromatic carbocycles. The average Bonchev–Trinajstić information content (AvgIpc) is 1.94. The highest BCUT2D eigenvalue weighted by atomic mass is 19.4. The lowest BCUT2D eigenvalue weighted by molar-refractivity contribution is -0.176.